The molecule has 1 aromatic carbocycles. The van der Waals surface area contributed by atoms with Crippen LogP contribution in [0.15, 0.2) is 29.2 Å². The van der Waals surface area contributed by atoms with Crippen molar-refractivity contribution in [1.82, 2.24) is 10.0 Å². The highest BCUT2D eigenvalue weighted by Crippen LogP contribution is 2.25. The number of sulfonamides is 1. The Hall–Kier alpha value is -1.03. The molecule has 132 valence electrons. The number of hydrogen-bond acceptors (Lipinski definition) is 4. The molecule has 2 N–H and O–H groups in total. The van der Waals surface area contributed by atoms with Gasteiger partial charge in [0.2, 0.25) is 10.0 Å². The zero-order valence-corrected chi connectivity index (χ0v) is 13.9. The summed E-state index contributed by atoms with van der Waals surface area (Å²) in [6.07, 6.45) is -4.24. The predicted octanol–water partition coefficient (Wildman–Crippen LogP) is 2.28. The van der Waals surface area contributed by atoms with Crippen LogP contribution in [0.1, 0.15) is 13.3 Å². The highest BCUT2D eigenvalue weighted by molar-refractivity contribution is 7.89. The van der Waals surface area contributed by atoms with Crippen molar-refractivity contribution in [1.29, 1.82) is 0 Å². The smallest absolute Gasteiger partial charge is 0.406 e. The molecule has 2 atom stereocenters. The number of piperidine rings is 1. The van der Waals surface area contributed by atoms with Gasteiger partial charge in [0.15, 0.2) is 0 Å². The molecule has 0 saturated carbocycles. The molecule has 2 unspecified atom stereocenters. The van der Waals surface area contributed by atoms with Gasteiger partial charge in [-0.1, -0.05) is 13.0 Å². The van der Waals surface area contributed by atoms with E-state index in [0.717, 1.165) is 12.1 Å². The molecule has 10 heteroatoms. The zero-order valence-electron chi connectivity index (χ0n) is 12.3. The summed E-state index contributed by atoms with van der Waals surface area (Å²) < 4.78 is 67.5. The third kappa shape index (κ3) is 5.83. The van der Waals surface area contributed by atoms with Crippen LogP contribution < -0.4 is 14.8 Å². The van der Waals surface area contributed by atoms with E-state index in [-0.39, 0.29) is 29.3 Å². The lowest BCUT2D eigenvalue weighted by Gasteiger charge is -2.30. The highest BCUT2D eigenvalue weighted by Gasteiger charge is 2.32. The van der Waals surface area contributed by atoms with Gasteiger partial charge < -0.3 is 10.1 Å². The minimum absolute atomic E-state index is 0. The Labute approximate surface area is 139 Å². The Balaban J connectivity index is 0.00000264. The van der Waals surface area contributed by atoms with E-state index in [2.05, 4.69) is 14.8 Å². The Morgan fingerprint density at radius 1 is 1.35 bits per heavy atom. The Morgan fingerprint density at radius 3 is 2.65 bits per heavy atom. The molecule has 0 bridgehead atoms. The van der Waals surface area contributed by atoms with Gasteiger partial charge in [-0.2, -0.15) is 0 Å². The van der Waals surface area contributed by atoms with Gasteiger partial charge in [0.1, 0.15) is 5.75 Å². The van der Waals surface area contributed by atoms with Gasteiger partial charge in [-0.05, 0) is 37.6 Å². The average molecular weight is 375 g/mol. The minimum atomic E-state index is -4.86. The standard InChI is InChI=1S/C13H17F3N2O3S.ClH/c1-9-8-17-6-5-12(9)18-22(19,20)11-4-2-3-10(7-11)21-13(14,15)16;/h2-4,7,9,12,17-18H,5-6,8H2,1H3;1H. The maximum absolute atomic E-state index is 12.3. The van der Waals surface area contributed by atoms with Crippen LogP contribution >= 0.6 is 12.4 Å². The summed E-state index contributed by atoms with van der Waals surface area (Å²) in [5.41, 5.74) is 0. The van der Waals surface area contributed by atoms with Gasteiger partial charge in [-0.25, -0.2) is 13.1 Å². The molecule has 1 heterocycles. The highest BCUT2D eigenvalue weighted by atomic mass is 35.5. The van der Waals surface area contributed by atoms with Gasteiger partial charge in [-0.15, -0.1) is 25.6 Å². The van der Waals surface area contributed by atoms with Gasteiger partial charge in [-0.3, -0.25) is 0 Å². The third-order valence-electron chi connectivity index (χ3n) is 3.44. The van der Waals surface area contributed by atoms with Crippen molar-refractivity contribution in [3.63, 3.8) is 0 Å². The van der Waals surface area contributed by atoms with Crippen LogP contribution in [0.2, 0.25) is 0 Å². The molecule has 0 spiro atoms. The number of benzene rings is 1. The second-order valence-electron chi connectivity index (χ2n) is 5.22. The van der Waals surface area contributed by atoms with E-state index in [1.165, 1.54) is 12.1 Å². The first-order valence-electron chi connectivity index (χ1n) is 6.76. The van der Waals surface area contributed by atoms with E-state index < -0.39 is 22.1 Å². The fourth-order valence-corrected chi connectivity index (χ4v) is 3.71. The van der Waals surface area contributed by atoms with Gasteiger partial charge in [0, 0.05) is 12.1 Å². The fraction of sp³-hybridized carbons (Fsp3) is 0.538. The Bertz CT molecular complexity index is 625. The molecule has 1 aliphatic heterocycles. The summed E-state index contributed by atoms with van der Waals surface area (Å²) in [5.74, 6) is -0.466. The SMILES string of the molecule is CC1CNCCC1NS(=O)(=O)c1cccc(OC(F)(F)F)c1.Cl. The van der Waals surface area contributed by atoms with Crippen molar-refractivity contribution < 1.29 is 26.3 Å². The van der Waals surface area contributed by atoms with Gasteiger partial charge in [0.25, 0.3) is 0 Å². The van der Waals surface area contributed by atoms with Crippen LogP contribution in [0, 0.1) is 5.92 Å². The van der Waals surface area contributed by atoms with E-state index in [1.807, 2.05) is 6.92 Å². The molecule has 2 rings (SSSR count). The monoisotopic (exact) mass is 374 g/mol. The predicted molar refractivity (Wildman–Crippen MR) is 81.1 cm³/mol. The summed E-state index contributed by atoms with van der Waals surface area (Å²) in [6, 6.07) is 4.11. The van der Waals surface area contributed by atoms with Crippen molar-refractivity contribution in [2.45, 2.75) is 30.6 Å². The lowest BCUT2D eigenvalue weighted by atomic mass is 9.97. The van der Waals surface area contributed by atoms with Crippen LogP contribution in [0.4, 0.5) is 13.2 Å². The number of nitrogens with one attached hydrogen (secondary N) is 2. The van der Waals surface area contributed by atoms with E-state index in [0.29, 0.717) is 19.5 Å². The molecule has 0 aromatic heterocycles. The van der Waals surface area contributed by atoms with Crippen molar-refractivity contribution in [2.75, 3.05) is 13.1 Å². The first-order valence-corrected chi connectivity index (χ1v) is 8.24. The van der Waals surface area contributed by atoms with E-state index in [1.54, 1.807) is 0 Å². The second kappa shape index (κ2) is 7.69. The maximum atomic E-state index is 12.3. The fourth-order valence-electron chi connectivity index (χ4n) is 2.29. The average Bonchev–Trinajstić information content (AvgIpc) is 2.40. The number of ether oxygens (including phenoxy) is 1. The zero-order chi connectivity index (χ0) is 16.4. The second-order valence-corrected chi connectivity index (χ2v) is 6.93. The van der Waals surface area contributed by atoms with Gasteiger partial charge >= 0.3 is 6.36 Å². The molecule has 1 aromatic rings. The Kier molecular flexibility index (Phi) is 6.70. The van der Waals surface area contributed by atoms with E-state index in [9.17, 15) is 21.6 Å². The molecule has 5 nitrogen and oxygen atoms in total. The van der Waals surface area contributed by atoms with Crippen LogP contribution in [0.25, 0.3) is 0 Å². The third-order valence-corrected chi connectivity index (χ3v) is 4.93. The summed E-state index contributed by atoms with van der Waals surface area (Å²) in [4.78, 5) is -0.250. The van der Waals surface area contributed by atoms with E-state index in [4.69, 9.17) is 0 Å². The van der Waals surface area contributed by atoms with Crippen LogP contribution in [0.5, 0.6) is 5.75 Å². The summed E-state index contributed by atoms with van der Waals surface area (Å²) in [5, 5.41) is 3.15. The number of hydrogen-bond donors (Lipinski definition) is 2. The van der Waals surface area contributed by atoms with Crippen LogP contribution in [0.3, 0.4) is 0 Å². The molecule has 1 saturated heterocycles. The van der Waals surface area contributed by atoms with Crippen molar-refractivity contribution in [3.05, 3.63) is 24.3 Å². The summed E-state index contributed by atoms with van der Waals surface area (Å²) >= 11 is 0. The number of rotatable bonds is 4. The van der Waals surface area contributed by atoms with Crippen molar-refractivity contribution >= 4 is 22.4 Å². The number of halogens is 4. The molecule has 1 fully saturated rings. The lowest BCUT2D eigenvalue weighted by Crippen LogP contribution is -2.48. The topological polar surface area (TPSA) is 67.4 Å². The molecule has 1 aliphatic rings. The molecule has 0 aliphatic carbocycles. The first-order chi connectivity index (χ1) is 10.2. The van der Waals surface area contributed by atoms with E-state index >= 15 is 0 Å². The maximum Gasteiger partial charge on any atom is 0.573 e. The van der Waals surface area contributed by atoms with Gasteiger partial charge in [0.05, 0.1) is 4.90 Å². The first kappa shape index (κ1) is 20.0. The van der Waals surface area contributed by atoms with Crippen LogP contribution in [-0.4, -0.2) is 33.9 Å². The molecular weight excluding hydrogens is 357 g/mol. The largest absolute Gasteiger partial charge is 0.573 e. The lowest BCUT2D eigenvalue weighted by molar-refractivity contribution is -0.274. The summed E-state index contributed by atoms with van der Waals surface area (Å²) in [7, 11) is -3.90. The molecule has 23 heavy (non-hydrogen) atoms. The number of alkyl halides is 3. The molecule has 0 amide bonds. The normalized spacial score (nSPS) is 22.3. The summed E-state index contributed by atoms with van der Waals surface area (Å²) in [6.45, 7) is 3.28. The minimum Gasteiger partial charge on any atom is -0.406 e. The molecular formula is C13H18ClF3N2O3S. The van der Waals surface area contributed by atoms with Crippen molar-refractivity contribution in [3.8, 4) is 5.75 Å². The Morgan fingerprint density at radius 2 is 2.04 bits per heavy atom. The van der Waals surface area contributed by atoms with Crippen molar-refractivity contribution in [2.24, 2.45) is 5.92 Å². The quantitative estimate of drug-likeness (QED) is 0.848. The van der Waals surface area contributed by atoms with Crippen LogP contribution in [-0.2, 0) is 10.0 Å². The molecule has 0 radical (unpaired) electrons.